The second-order valence-corrected chi connectivity index (χ2v) is 8.57. The van der Waals surface area contributed by atoms with Gasteiger partial charge in [0.2, 0.25) is 0 Å². The van der Waals surface area contributed by atoms with E-state index in [1.807, 2.05) is 0 Å². The standard InChI is InChI=1S/C18H16F3N3O7S/c1-32(30,31)15-8-11(2-7-14(15)24(28)29)9-23(10-16(25)26)17(27)22-13-5-3-12(4-6-13)18(19,20)21/h2-8H,9-10H2,1H3,(H,22,27)(H,25,26). The molecule has 0 heterocycles. The molecule has 0 spiro atoms. The third-order valence-corrected chi connectivity index (χ3v) is 5.20. The highest BCUT2D eigenvalue weighted by atomic mass is 32.2. The number of rotatable bonds is 7. The summed E-state index contributed by atoms with van der Waals surface area (Å²) in [7, 11) is -4.01. The summed E-state index contributed by atoms with van der Waals surface area (Å²) in [6.07, 6.45) is -3.82. The summed E-state index contributed by atoms with van der Waals surface area (Å²) in [5.41, 5.74) is -1.59. The zero-order chi connectivity index (χ0) is 24.3. The van der Waals surface area contributed by atoms with Crippen molar-refractivity contribution in [2.75, 3.05) is 18.1 Å². The van der Waals surface area contributed by atoms with Crippen LogP contribution in [0.3, 0.4) is 0 Å². The monoisotopic (exact) mass is 475 g/mol. The molecule has 0 radical (unpaired) electrons. The number of hydrogen-bond acceptors (Lipinski definition) is 6. The number of carboxylic acid groups (broad SMARTS) is 1. The topological polar surface area (TPSA) is 147 Å². The number of alkyl halides is 3. The summed E-state index contributed by atoms with van der Waals surface area (Å²) in [5, 5.41) is 22.4. The summed E-state index contributed by atoms with van der Waals surface area (Å²) < 4.78 is 61.7. The maximum atomic E-state index is 12.6. The molecule has 2 amide bonds. The highest BCUT2D eigenvalue weighted by Crippen LogP contribution is 2.30. The largest absolute Gasteiger partial charge is 0.480 e. The lowest BCUT2D eigenvalue weighted by Gasteiger charge is -2.22. The van der Waals surface area contributed by atoms with Crippen LogP contribution in [0.1, 0.15) is 11.1 Å². The zero-order valence-corrected chi connectivity index (χ0v) is 17.1. The van der Waals surface area contributed by atoms with Crippen molar-refractivity contribution in [2.24, 2.45) is 0 Å². The maximum Gasteiger partial charge on any atom is 0.416 e. The van der Waals surface area contributed by atoms with E-state index in [0.29, 0.717) is 0 Å². The first-order valence-corrected chi connectivity index (χ1v) is 10.5. The molecule has 10 nitrogen and oxygen atoms in total. The Labute approximate surface area is 179 Å². The number of urea groups is 1. The van der Waals surface area contributed by atoms with Crippen molar-refractivity contribution in [1.82, 2.24) is 4.90 Å². The highest BCUT2D eigenvalue weighted by Gasteiger charge is 2.30. The first-order valence-electron chi connectivity index (χ1n) is 8.61. The maximum absolute atomic E-state index is 12.6. The molecule has 0 aliphatic rings. The first kappa shape index (κ1) is 24.6. The van der Waals surface area contributed by atoms with Gasteiger partial charge in [-0.2, -0.15) is 13.2 Å². The minimum Gasteiger partial charge on any atom is -0.480 e. The van der Waals surface area contributed by atoms with E-state index in [1.54, 1.807) is 0 Å². The second-order valence-electron chi connectivity index (χ2n) is 6.59. The molecule has 2 rings (SSSR count). The van der Waals surface area contributed by atoms with Crippen molar-refractivity contribution in [2.45, 2.75) is 17.6 Å². The molecular weight excluding hydrogens is 459 g/mol. The van der Waals surface area contributed by atoms with Crippen molar-refractivity contribution in [3.05, 3.63) is 63.7 Å². The van der Waals surface area contributed by atoms with Gasteiger partial charge in [-0.1, -0.05) is 6.07 Å². The van der Waals surface area contributed by atoms with E-state index in [9.17, 15) is 41.3 Å². The Morgan fingerprint density at radius 2 is 1.75 bits per heavy atom. The minimum absolute atomic E-state index is 0.0427. The number of carbonyl (C=O) groups excluding carboxylic acids is 1. The summed E-state index contributed by atoms with van der Waals surface area (Å²) in [4.78, 5) is 33.9. The number of nitrogens with zero attached hydrogens (tertiary/aromatic N) is 2. The number of carbonyl (C=O) groups is 2. The summed E-state index contributed by atoms with van der Waals surface area (Å²) in [5.74, 6) is -1.42. The molecule has 0 unspecified atom stereocenters. The van der Waals surface area contributed by atoms with Crippen LogP contribution in [0.5, 0.6) is 0 Å². The van der Waals surface area contributed by atoms with Crippen LogP contribution in [0.4, 0.5) is 29.3 Å². The minimum atomic E-state index is -4.58. The predicted octanol–water partition coefficient (Wildman–Crippen LogP) is 3.14. The van der Waals surface area contributed by atoms with Crippen molar-refractivity contribution >= 4 is 33.2 Å². The van der Waals surface area contributed by atoms with Crippen LogP contribution in [0, 0.1) is 10.1 Å². The van der Waals surface area contributed by atoms with Crippen LogP contribution in [0.25, 0.3) is 0 Å². The predicted molar refractivity (Wildman–Crippen MR) is 105 cm³/mol. The van der Waals surface area contributed by atoms with Crippen molar-refractivity contribution < 1.29 is 41.2 Å². The van der Waals surface area contributed by atoms with Crippen LogP contribution < -0.4 is 5.32 Å². The third kappa shape index (κ3) is 6.41. The number of aliphatic carboxylic acids is 1. The number of benzene rings is 2. The molecule has 0 aliphatic heterocycles. The van der Waals surface area contributed by atoms with Crippen LogP contribution in [0.15, 0.2) is 47.4 Å². The number of nitro groups is 1. The average molecular weight is 475 g/mol. The van der Waals surface area contributed by atoms with E-state index >= 15 is 0 Å². The molecule has 0 saturated heterocycles. The molecule has 2 aromatic rings. The highest BCUT2D eigenvalue weighted by molar-refractivity contribution is 7.90. The number of nitro benzene ring substituents is 1. The van der Waals surface area contributed by atoms with E-state index in [-0.39, 0.29) is 11.3 Å². The smallest absolute Gasteiger partial charge is 0.416 e. The van der Waals surface area contributed by atoms with E-state index < -0.39 is 62.2 Å². The van der Waals surface area contributed by atoms with Crippen molar-refractivity contribution in [3.8, 4) is 0 Å². The third-order valence-electron chi connectivity index (χ3n) is 4.07. The van der Waals surface area contributed by atoms with Gasteiger partial charge in [-0.15, -0.1) is 0 Å². The molecular formula is C18H16F3N3O7S. The van der Waals surface area contributed by atoms with Crippen LogP contribution in [-0.4, -0.2) is 48.1 Å². The van der Waals surface area contributed by atoms with Gasteiger partial charge in [0.15, 0.2) is 9.84 Å². The SMILES string of the molecule is CS(=O)(=O)c1cc(CN(CC(=O)O)C(=O)Nc2ccc(C(F)(F)F)cc2)ccc1[N+](=O)[O-]. The van der Waals surface area contributed by atoms with E-state index in [4.69, 9.17) is 5.11 Å². The molecule has 2 aromatic carbocycles. The average Bonchev–Trinajstić information content (AvgIpc) is 2.66. The second kappa shape index (κ2) is 9.21. The Balaban J connectivity index is 2.29. The van der Waals surface area contributed by atoms with Gasteiger partial charge in [0.25, 0.3) is 5.69 Å². The van der Waals surface area contributed by atoms with Gasteiger partial charge in [0.05, 0.1) is 10.5 Å². The quantitative estimate of drug-likeness (QED) is 0.462. The number of nitrogens with one attached hydrogen (secondary N) is 1. The van der Waals surface area contributed by atoms with Gasteiger partial charge in [-0.3, -0.25) is 14.9 Å². The Morgan fingerprint density at radius 3 is 2.22 bits per heavy atom. The van der Waals surface area contributed by atoms with Gasteiger partial charge >= 0.3 is 18.2 Å². The lowest BCUT2D eigenvalue weighted by molar-refractivity contribution is -0.387. The molecule has 32 heavy (non-hydrogen) atoms. The Hall–Kier alpha value is -3.68. The number of anilines is 1. The molecule has 172 valence electrons. The van der Waals surface area contributed by atoms with Gasteiger partial charge in [-0.25, -0.2) is 13.2 Å². The van der Waals surface area contributed by atoms with Crippen molar-refractivity contribution in [3.63, 3.8) is 0 Å². The molecule has 0 bridgehead atoms. The molecule has 0 aliphatic carbocycles. The lowest BCUT2D eigenvalue weighted by Crippen LogP contribution is -2.38. The number of carboxylic acids is 1. The van der Waals surface area contributed by atoms with E-state index in [2.05, 4.69) is 5.32 Å². The number of halogens is 3. The van der Waals surface area contributed by atoms with Gasteiger partial charge < -0.3 is 15.3 Å². The fourth-order valence-corrected chi connectivity index (χ4v) is 3.52. The fourth-order valence-electron chi connectivity index (χ4n) is 2.63. The number of sulfone groups is 1. The summed E-state index contributed by atoms with van der Waals surface area (Å²) >= 11 is 0. The molecule has 0 fully saturated rings. The molecule has 0 atom stereocenters. The number of hydrogen-bond donors (Lipinski definition) is 2. The number of amides is 2. The van der Waals surface area contributed by atoms with Gasteiger partial charge in [-0.05, 0) is 35.9 Å². The van der Waals surface area contributed by atoms with Crippen molar-refractivity contribution in [1.29, 1.82) is 0 Å². The Morgan fingerprint density at radius 1 is 1.16 bits per heavy atom. The summed E-state index contributed by atoms with van der Waals surface area (Å²) in [6, 6.07) is 5.45. The normalized spacial score (nSPS) is 11.6. The van der Waals surface area contributed by atoms with Crippen LogP contribution >= 0.6 is 0 Å². The molecule has 14 heteroatoms. The first-order chi connectivity index (χ1) is 14.7. The van der Waals surface area contributed by atoms with E-state index in [0.717, 1.165) is 53.6 Å². The summed E-state index contributed by atoms with van der Waals surface area (Å²) in [6.45, 7) is -1.28. The zero-order valence-electron chi connectivity index (χ0n) is 16.3. The van der Waals surface area contributed by atoms with Crippen LogP contribution in [0.2, 0.25) is 0 Å². The Bertz CT molecular complexity index is 1150. The van der Waals surface area contributed by atoms with E-state index in [1.165, 1.54) is 0 Å². The Kier molecular flexibility index (Phi) is 7.08. The molecule has 0 aromatic heterocycles. The van der Waals surface area contributed by atoms with Gasteiger partial charge in [0.1, 0.15) is 11.4 Å². The van der Waals surface area contributed by atoms with Crippen LogP contribution in [-0.2, 0) is 27.4 Å². The molecule has 2 N–H and O–H groups in total. The van der Waals surface area contributed by atoms with Gasteiger partial charge in [0, 0.05) is 24.6 Å². The molecule has 0 saturated carbocycles. The lowest BCUT2D eigenvalue weighted by atomic mass is 10.2. The fraction of sp³-hybridized carbons (Fsp3) is 0.222.